The van der Waals surface area contributed by atoms with E-state index in [1.165, 1.54) is 17.4 Å². The quantitative estimate of drug-likeness (QED) is 0.555. The van der Waals surface area contributed by atoms with Crippen LogP contribution in [0, 0.1) is 0 Å². The average molecular weight is 410 g/mol. The number of piperidine rings is 1. The van der Waals surface area contributed by atoms with Crippen molar-refractivity contribution in [3.63, 3.8) is 0 Å². The number of hydrogen-bond donors (Lipinski definition) is 0. The predicted octanol–water partition coefficient (Wildman–Crippen LogP) is 3.88. The molecule has 2 fully saturated rings. The lowest BCUT2D eigenvalue weighted by molar-refractivity contribution is -0.132. The van der Waals surface area contributed by atoms with Gasteiger partial charge in [0.15, 0.2) is 0 Å². The maximum atomic E-state index is 12.7. The molecule has 3 heterocycles. The van der Waals surface area contributed by atoms with E-state index in [2.05, 4.69) is 6.58 Å². The molecule has 6 nitrogen and oxygen atoms in total. The SMILES string of the molecule is C=CCN1C(=O)SC(=Cc2cn(CC(=O)N3CCCCC3)c3ccccc23)C1=O. The third-order valence-electron chi connectivity index (χ3n) is 5.31. The minimum absolute atomic E-state index is 0.114. The summed E-state index contributed by atoms with van der Waals surface area (Å²) < 4.78 is 1.94. The fraction of sp³-hybridized carbons (Fsp3) is 0.318. The number of rotatable bonds is 5. The average Bonchev–Trinajstić information content (AvgIpc) is 3.21. The number of carbonyl (C=O) groups excluding carboxylic acids is 3. The van der Waals surface area contributed by atoms with E-state index in [9.17, 15) is 14.4 Å². The van der Waals surface area contributed by atoms with Crippen LogP contribution in [0.25, 0.3) is 17.0 Å². The summed E-state index contributed by atoms with van der Waals surface area (Å²) in [5, 5.41) is 0.666. The molecule has 1 aromatic carbocycles. The number of benzene rings is 1. The first-order valence-electron chi connectivity index (χ1n) is 9.80. The first kappa shape index (κ1) is 19.5. The lowest BCUT2D eigenvalue weighted by atomic mass is 10.1. The molecular weight excluding hydrogens is 386 g/mol. The summed E-state index contributed by atoms with van der Waals surface area (Å²) in [6, 6.07) is 7.81. The van der Waals surface area contributed by atoms with Gasteiger partial charge in [-0.3, -0.25) is 19.3 Å². The van der Waals surface area contributed by atoms with E-state index >= 15 is 0 Å². The van der Waals surface area contributed by atoms with Gasteiger partial charge in [0.1, 0.15) is 6.54 Å². The van der Waals surface area contributed by atoms with Crippen molar-refractivity contribution in [3.05, 3.63) is 53.6 Å². The number of fused-ring (bicyclic) bond motifs is 1. The first-order valence-corrected chi connectivity index (χ1v) is 10.6. The molecule has 7 heteroatoms. The van der Waals surface area contributed by atoms with Gasteiger partial charge in [-0.1, -0.05) is 24.3 Å². The molecule has 0 N–H and O–H groups in total. The van der Waals surface area contributed by atoms with Crippen LogP contribution >= 0.6 is 11.8 Å². The van der Waals surface area contributed by atoms with Crippen LogP contribution in [-0.2, 0) is 16.1 Å². The molecule has 3 amide bonds. The molecule has 0 bridgehead atoms. The summed E-state index contributed by atoms with van der Waals surface area (Å²) in [6.45, 7) is 5.71. The van der Waals surface area contributed by atoms with Crippen LogP contribution in [0.1, 0.15) is 24.8 Å². The zero-order chi connectivity index (χ0) is 20.4. The molecule has 2 aliphatic rings. The van der Waals surface area contributed by atoms with Gasteiger partial charge in [0, 0.05) is 42.3 Å². The second-order valence-electron chi connectivity index (χ2n) is 7.25. The normalized spacial score (nSPS) is 18.8. The summed E-state index contributed by atoms with van der Waals surface area (Å²) in [5.41, 5.74) is 1.77. The number of amides is 3. The van der Waals surface area contributed by atoms with Gasteiger partial charge >= 0.3 is 0 Å². The predicted molar refractivity (Wildman–Crippen MR) is 115 cm³/mol. The van der Waals surface area contributed by atoms with Gasteiger partial charge < -0.3 is 9.47 Å². The maximum absolute atomic E-state index is 12.7. The molecule has 4 rings (SSSR count). The van der Waals surface area contributed by atoms with Crippen molar-refractivity contribution < 1.29 is 14.4 Å². The van der Waals surface area contributed by atoms with Gasteiger partial charge in [-0.05, 0) is 43.2 Å². The summed E-state index contributed by atoms with van der Waals surface area (Å²) in [7, 11) is 0. The van der Waals surface area contributed by atoms with Crippen LogP contribution in [0.15, 0.2) is 48.0 Å². The van der Waals surface area contributed by atoms with Gasteiger partial charge in [0.05, 0.1) is 4.91 Å². The summed E-state index contributed by atoms with van der Waals surface area (Å²) in [5.74, 6) is -0.190. The van der Waals surface area contributed by atoms with E-state index in [0.29, 0.717) is 4.91 Å². The standard InChI is InChI=1S/C22H23N3O3S/c1-2-10-25-21(27)19(29-22(25)28)13-16-14-24(18-9-5-4-8-17(16)18)15-20(26)23-11-6-3-7-12-23/h2,4-5,8-9,13-14H,1,3,6-7,10-12,15H2. The van der Waals surface area contributed by atoms with E-state index in [-0.39, 0.29) is 30.1 Å². The molecule has 0 aliphatic carbocycles. The Hall–Kier alpha value is -2.80. The van der Waals surface area contributed by atoms with Crippen molar-refractivity contribution in [1.82, 2.24) is 14.4 Å². The maximum Gasteiger partial charge on any atom is 0.293 e. The van der Waals surface area contributed by atoms with Gasteiger partial charge in [-0.25, -0.2) is 0 Å². The smallest absolute Gasteiger partial charge is 0.293 e. The monoisotopic (exact) mass is 409 g/mol. The topological polar surface area (TPSA) is 62.6 Å². The lowest BCUT2D eigenvalue weighted by Gasteiger charge is -2.27. The molecule has 2 saturated heterocycles. The van der Waals surface area contributed by atoms with Gasteiger partial charge in [0.2, 0.25) is 5.91 Å². The largest absolute Gasteiger partial charge is 0.341 e. The van der Waals surface area contributed by atoms with E-state index in [1.807, 2.05) is 39.9 Å². The number of carbonyl (C=O) groups is 3. The van der Waals surface area contributed by atoms with Crippen molar-refractivity contribution in [1.29, 1.82) is 0 Å². The van der Waals surface area contributed by atoms with Crippen LogP contribution in [0.3, 0.4) is 0 Å². The Kier molecular flexibility index (Phi) is 5.58. The molecule has 0 unspecified atom stereocenters. The van der Waals surface area contributed by atoms with Crippen LogP contribution in [0.4, 0.5) is 4.79 Å². The number of imide groups is 1. The van der Waals surface area contributed by atoms with Crippen LogP contribution in [0.5, 0.6) is 0 Å². The van der Waals surface area contributed by atoms with E-state index in [4.69, 9.17) is 0 Å². The number of likely N-dealkylation sites (tertiary alicyclic amines) is 1. The second-order valence-corrected chi connectivity index (χ2v) is 8.25. The van der Waals surface area contributed by atoms with E-state index < -0.39 is 0 Å². The first-order chi connectivity index (χ1) is 14.1. The number of nitrogens with zero attached hydrogens (tertiary/aromatic N) is 3. The summed E-state index contributed by atoms with van der Waals surface area (Å²) >= 11 is 0.937. The highest BCUT2D eigenvalue weighted by Gasteiger charge is 2.34. The number of hydrogen-bond acceptors (Lipinski definition) is 4. The van der Waals surface area contributed by atoms with Crippen molar-refractivity contribution in [2.24, 2.45) is 0 Å². The number of thioether (sulfide) groups is 1. The number of para-hydroxylation sites is 1. The highest BCUT2D eigenvalue weighted by Crippen LogP contribution is 2.34. The molecule has 2 aromatic rings. The molecule has 0 spiro atoms. The van der Waals surface area contributed by atoms with Crippen LogP contribution in [-0.4, -0.2) is 51.1 Å². The van der Waals surface area contributed by atoms with Crippen molar-refractivity contribution in [2.75, 3.05) is 19.6 Å². The second kappa shape index (κ2) is 8.29. The third kappa shape index (κ3) is 3.87. The Morgan fingerprint density at radius 2 is 1.90 bits per heavy atom. The van der Waals surface area contributed by atoms with Gasteiger partial charge in [0.25, 0.3) is 11.1 Å². The summed E-state index contributed by atoms with van der Waals surface area (Å²) in [6.07, 6.45) is 8.49. The molecular formula is C22H23N3O3S. The third-order valence-corrected chi connectivity index (χ3v) is 6.21. The molecule has 150 valence electrons. The lowest BCUT2D eigenvalue weighted by Crippen LogP contribution is -2.37. The zero-order valence-corrected chi connectivity index (χ0v) is 17.0. The fourth-order valence-corrected chi connectivity index (χ4v) is 4.68. The van der Waals surface area contributed by atoms with Crippen LogP contribution in [0.2, 0.25) is 0 Å². The van der Waals surface area contributed by atoms with Gasteiger partial charge in [-0.15, -0.1) is 6.58 Å². The Balaban J connectivity index is 1.64. The minimum atomic E-state index is -0.305. The highest BCUT2D eigenvalue weighted by molar-refractivity contribution is 8.18. The Labute approximate surface area is 173 Å². The molecule has 29 heavy (non-hydrogen) atoms. The van der Waals surface area contributed by atoms with Crippen molar-refractivity contribution in [2.45, 2.75) is 25.8 Å². The fourth-order valence-electron chi connectivity index (χ4n) is 3.84. The Morgan fingerprint density at radius 1 is 1.14 bits per heavy atom. The molecule has 0 radical (unpaired) electrons. The van der Waals surface area contributed by atoms with Crippen molar-refractivity contribution in [3.8, 4) is 0 Å². The highest BCUT2D eigenvalue weighted by atomic mass is 32.2. The minimum Gasteiger partial charge on any atom is -0.341 e. The number of aromatic nitrogens is 1. The molecule has 0 atom stereocenters. The zero-order valence-electron chi connectivity index (χ0n) is 16.2. The Bertz CT molecular complexity index is 1020. The van der Waals surface area contributed by atoms with E-state index in [1.54, 1.807) is 6.08 Å². The molecule has 2 aliphatic heterocycles. The summed E-state index contributed by atoms with van der Waals surface area (Å²) in [4.78, 5) is 40.9. The van der Waals surface area contributed by atoms with E-state index in [0.717, 1.165) is 54.2 Å². The molecule has 0 saturated carbocycles. The van der Waals surface area contributed by atoms with Crippen LogP contribution < -0.4 is 0 Å². The van der Waals surface area contributed by atoms with Crippen molar-refractivity contribution >= 4 is 45.8 Å². The van der Waals surface area contributed by atoms with Gasteiger partial charge in [-0.2, -0.15) is 0 Å². The Morgan fingerprint density at radius 3 is 2.66 bits per heavy atom. The molecule has 1 aromatic heterocycles.